The first kappa shape index (κ1) is 12.7. The van der Waals surface area contributed by atoms with Gasteiger partial charge in [0.25, 0.3) is 0 Å². The van der Waals surface area contributed by atoms with Crippen molar-refractivity contribution in [1.29, 1.82) is 0 Å². The third-order valence-corrected chi connectivity index (χ3v) is 3.42. The predicted molar refractivity (Wildman–Crippen MR) is 75.0 cm³/mol. The molecule has 1 aromatic heterocycles. The van der Waals surface area contributed by atoms with Crippen LogP contribution in [0.1, 0.15) is 6.42 Å². The van der Waals surface area contributed by atoms with Gasteiger partial charge in [-0.3, -0.25) is 9.69 Å². The van der Waals surface area contributed by atoms with Crippen LogP contribution in [0.25, 0.3) is 11.3 Å². The molecule has 0 spiro atoms. The lowest BCUT2D eigenvalue weighted by atomic mass is 10.1. The molecule has 1 saturated heterocycles. The molecule has 1 aliphatic heterocycles. The van der Waals surface area contributed by atoms with Gasteiger partial charge in [0.05, 0.1) is 5.69 Å². The molecule has 5 nitrogen and oxygen atoms in total. The molecule has 1 amide bonds. The third kappa shape index (κ3) is 2.40. The molecule has 1 unspecified atom stereocenters. The Kier molecular flexibility index (Phi) is 3.43. The van der Waals surface area contributed by atoms with Crippen LogP contribution in [-0.4, -0.2) is 34.1 Å². The second-order valence-electron chi connectivity index (χ2n) is 4.86. The minimum Gasteiger partial charge on any atom is -0.396 e. The van der Waals surface area contributed by atoms with Gasteiger partial charge in [-0.2, -0.15) is 0 Å². The summed E-state index contributed by atoms with van der Waals surface area (Å²) in [5, 5.41) is 9.16. The summed E-state index contributed by atoms with van der Waals surface area (Å²) in [6.07, 6.45) is 2.01. The predicted octanol–water partition coefficient (Wildman–Crippen LogP) is 1.49. The van der Waals surface area contributed by atoms with Gasteiger partial charge in [0.1, 0.15) is 0 Å². The van der Waals surface area contributed by atoms with Crippen molar-refractivity contribution in [2.24, 2.45) is 5.92 Å². The second-order valence-corrected chi connectivity index (χ2v) is 4.86. The molecular formula is C15H15N3O2. The molecule has 102 valence electrons. The number of aliphatic hydroxyl groups excluding tert-OH is 1. The van der Waals surface area contributed by atoms with Crippen molar-refractivity contribution in [1.82, 2.24) is 9.97 Å². The molecule has 5 heteroatoms. The van der Waals surface area contributed by atoms with Crippen LogP contribution < -0.4 is 4.90 Å². The molecule has 2 aromatic rings. The van der Waals surface area contributed by atoms with Crippen molar-refractivity contribution in [2.75, 3.05) is 18.1 Å². The number of aromatic nitrogens is 2. The lowest BCUT2D eigenvalue weighted by Gasteiger charge is -2.14. The maximum Gasteiger partial charge on any atom is 0.232 e. The fourth-order valence-electron chi connectivity index (χ4n) is 2.35. The lowest BCUT2D eigenvalue weighted by Crippen LogP contribution is -2.27. The molecule has 0 saturated carbocycles. The largest absolute Gasteiger partial charge is 0.396 e. The summed E-state index contributed by atoms with van der Waals surface area (Å²) in [6, 6.07) is 11.6. The van der Waals surface area contributed by atoms with E-state index in [9.17, 15) is 4.79 Å². The smallest absolute Gasteiger partial charge is 0.232 e. The molecule has 1 aliphatic rings. The van der Waals surface area contributed by atoms with Crippen LogP contribution in [0.3, 0.4) is 0 Å². The summed E-state index contributed by atoms with van der Waals surface area (Å²) in [7, 11) is 0. The first-order valence-electron chi connectivity index (χ1n) is 6.57. The maximum absolute atomic E-state index is 11.9. The van der Waals surface area contributed by atoms with E-state index in [2.05, 4.69) is 9.97 Å². The molecule has 0 radical (unpaired) electrons. The molecular weight excluding hydrogens is 254 g/mol. The molecule has 1 N–H and O–H groups in total. The van der Waals surface area contributed by atoms with Crippen molar-refractivity contribution in [3.63, 3.8) is 0 Å². The number of carbonyl (C=O) groups excluding carboxylic acids is 1. The Balaban J connectivity index is 1.91. The van der Waals surface area contributed by atoms with E-state index in [1.165, 1.54) is 0 Å². The van der Waals surface area contributed by atoms with E-state index >= 15 is 0 Å². The van der Waals surface area contributed by atoms with Crippen molar-refractivity contribution in [3.05, 3.63) is 42.6 Å². The van der Waals surface area contributed by atoms with Crippen LogP contribution in [0, 0.1) is 5.92 Å². The Hall–Kier alpha value is -2.27. The van der Waals surface area contributed by atoms with E-state index in [4.69, 9.17) is 5.11 Å². The SMILES string of the molecule is O=C1CC(CO)CN1c1nccc(-c2ccccc2)n1. The summed E-state index contributed by atoms with van der Waals surface area (Å²) < 4.78 is 0. The molecule has 3 rings (SSSR count). The number of benzene rings is 1. The van der Waals surface area contributed by atoms with Crippen LogP contribution in [0.5, 0.6) is 0 Å². The molecule has 1 aromatic carbocycles. The summed E-state index contributed by atoms with van der Waals surface area (Å²) in [5.41, 5.74) is 1.78. The summed E-state index contributed by atoms with van der Waals surface area (Å²) in [5.74, 6) is 0.355. The molecule has 0 aliphatic carbocycles. The quantitative estimate of drug-likeness (QED) is 0.916. The molecule has 1 fully saturated rings. The Labute approximate surface area is 116 Å². The molecule has 1 atom stereocenters. The van der Waals surface area contributed by atoms with Crippen LogP contribution in [-0.2, 0) is 4.79 Å². The average molecular weight is 269 g/mol. The number of rotatable bonds is 3. The van der Waals surface area contributed by atoms with Crippen LogP contribution >= 0.6 is 0 Å². The second kappa shape index (κ2) is 5.38. The Morgan fingerprint density at radius 1 is 1.25 bits per heavy atom. The molecule has 2 heterocycles. The van der Waals surface area contributed by atoms with E-state index in [0.29, 0.717) is 18.9 Å². The van der Waals surface area contributed by atoms with Gasteiger partial charge in [0.2, 0.25) is 11.9 Å². The van der Waals surface area contributed by atoms with Crippen molar-refractivity contribution in [3.8, 4) is 11.3 Å². The van der Waals surface area contributed by atoms with Crippen LogP contribution in [0.4, 0.5) is 5.95 Å². The number of anilines is 1. The van der Waals surface area contributed by atoms with Gasteiger partial charge < -0.3 is 5.11 Å². The Bertz CT molecular complexity index is 616. The number of nitrogens with zero attached hydrogens (tertiary/aromatic N) is 3. The van der Waals surface area contributed by atoms with Gasteiger partial charge in [-0.15, -0.1) is 0 Å². The number of aliphatic hydroxyl groups is 1. The van der Waals surface area contributed by atoms with Gasteiger partial charge >= 0.3 is 0 Å². The topological polar surface area (TPSA) is 66.3 Å². The summed E-state index contributed by atoms with van der Waals surface area (Å²) >= 11 is 0. The molecule has 0 bridgehead atoms. The van der Waals surface area contributed by atoms with Crippen molar-refractivity contribution >= 4 is 11.9 Å². The highest BCUT2D eigenvalue weighted by Gasteiger charge is 2.31. The first-order valence-corrected chi connectivity index (χ1v) is 6.57. The Morgan fingerprint density at radius 3 is 2.75 bits per heavy atom. The lowest BCUT2D eigenvalue weighted by molar-refractivity contribution is -0.117. The number of hydrogen-bond acceptors (Lipinski definition) is 4. The maximum atomic E-state index is 11.9. The van der Waals surface area contributed by atoms with E-state index < -0.39 is 0 Å². The summed E-state index contributed by atoms with van der Waals surface area (Å²) in [6.45, 7) is 0.494. The van der Waals surface area contributed by atoms with Gasteiger partial charge in [0.15, 0.2) is 0 Å². The van der Waals surface area contributed by atoms with E-state index in [1.807, 2.05) is 36.4 Å². The van der Waals surface area contributed by atoms with Gasteiger partial charge in [-0.1, -0.05) is 30.3 Å². The monoisotopic (exact) mass is 269 g/mol. The average Bonchev–Trinajstić information content (AvgIpc) is 2.89. The van der Waals surface area contributed by atoms with Gasteiger partial charge in [-0.25, -0.2) is 9.97 Å². The fraction of sp³-hybridized carbons (Fsp3) is 0.267. The number of amides is 1. The zero-order valence-electron chi connectivity index (χ0n) is 10.9. The zero-order chi connectivity index (χ0) is 13.9. The van der Waals surface area contributed by atoms with Crippen molar-refractivity contribution in [2.45, 2.75) is 6.42 Å². The highest BCUT2D eigenvalue weighted by atomic mass is 16.3. The number of carbonyl (C=O) groups is 1. The third-order valence-electron chi connectivity index (χ3n) is 3.42. The van der Waals surface area contributed by atoms with Crippen molar-refractivity contribution < 1.29 is 9.90 Å². The first-order chi connectivity index (χ1) is 9.78. The van der Waals surface area contributed by atoms with Crippen LogP contribution in [0.15, 0.2) is 42.6 Å². The van der Waals surface area contributed by atoms with Gasteiger partial charge in [-0.05, 0) is 6.07 Å². The number of hydrogen-bond donors (Lipinski definition) is 1. The standard InChI is InChI=1S/C15H15N3O2/c19-10-11-8-14(20)18(9-11)15-16-7-6-13(17-15)12-4-2-1-3-5-12/h1-7,11,19H,8-10H2. The van der Waals surface area contributed by atoms with E-state index in [-0.39, 0.29) is 18.4 Å². The normalized spacial score (nSPS) is 18.6. The summed E-state index contributed by atoms with van der Waals surface area (Å²) in [4.78, 5) is 22.1. The minimum absolute atomic E-state index is 0.0145. The van der Waals surface area contributed by atoms with Gasteiger partial charge in [0, 0.05) is 37.3 Å². The highest BCUT2D eigenvalue weighted by Crippen LogP contribution is 2.24. The Morgan fingerprint density at radius 2 is 2.05 bits per heavy atom. The highest BCUT2D eigenvalue weighted by molar-refractivity contribution is 5.94. The zero-order valence-corrected chi connectivity index (χ0v) is 10.9. The molecule has 20 heavy (non-hydrogen) atoms. The van der Waals surface area contributed by atoms with E-state index in [1.54, 1.807) is 11.1 Å². The van der Waals surface area contributed by atoms with Crippen LogP contribution in [0.2, 0.25) is 0 Å². The minimum atomic E-state index is -0.0331. The van der Waals surface area contributed by atoms with E-state index in [0.717, 1.165) is 11.3 Å². The fourth-order valence-corrected chi connectivity index (χ4v) is 2.35.